The van der Waals surface area contributed by atoms with Crippen LogP contribution in [-0.4, -0.2) is 46.9 Å². The van der Waals surface area contributed by atoms with Crippen molar-refractivity contribution in [1.82, 2.24) is 19.7 Å². The Bertz CT molecular complexity index is 1550. The first kappa shape index (κ1) is 24.6. The normalized spacial score (nSPS) is 10.3. The number of para-hydroxylation sites is 2. The monoisotopic (exact) mass is 495 g/mol. The number of carbonyl (C=O) groups is 2. The second-order valence-corrected chi connectivity index (χ2v) is 7.66. The van der Waals surface area contributed by atoms with Gasteiger partial charge in [-0.1, -0.05) is 24.3 Å². The standard InChI is InChI=1S/C21H15N3O4.C6H6N2O/c25-17-7-3-1-5-15(17)19-22-20(16-6-2-4-8-18(16)26)24(23-19)14-11-9-13(10-12-14)21(27)28;7-6(9)5-1-3-8-4-2-5/h1-12,25-26H,(H,27,28);1-4H,(H2,7,9). The molecule has 0 atom stereocenters. The van der Waals surface area contributed by atoms with Gasteiger partial charge in [0, 0.05) is 18.0 Å². The maximum absolute atomic E-state index is 11.1. The lowest BCUT2D eigenvalue weighted by Gasteiger charge is -2.07. The van der Waals surface area contributed by atoms with Gasteiger partial charge in [0.25, 0.3) is 0 Å². The van der Waals surface area contributed by atoms with Crippen molar-refractivity contribution in [3.8, 4) is 40.0 Å². The SMILES string of the molecule is NC(=O)c1ccncc1.O=C(O)c1ccc(-n2nc(-c3ccccc3O)nc2-c2ccccc2O)cc1. The Morgan fingerprint density at radius 1 is 0.730 bits per heavy atom. The number of carboxylic acids is 1. The molecule has 5 N–H and O–H groups in total. The first-order valence-corrected chi connectivity index (χ1v) is 10.9. The minimum absolute atomic E-state index is 0.0298. The average Bonchev–Trinajstić information content (AvgIpc) is 3.35. The predicted molar refractivity (Wildman–Crippen MR) is 135 cm³/mol. The summed E-state index contributed by atoms with van der Waals surface area (Å²) in [5.74, 6) is -0.747. The molecule has 0 bridgehead atoms. The quantitative estimate of drug-likeness (QED) is 0.285. The van der Waals surface area contributed by atoms with Crippen LogP contribution < -0.4 is 5.73 Å². The van der Waals surface area contributed by atoms with Gasteiger partial charge in [-0.3, -0.25) is 9.78 Å². The van der Waals surface area contributed by atoms with Gasteiger partial charge in [0.1, 0.15) is 11.5 Å². The Balaban J connectivity index is 0.000000301. The molecule has 10 heteroatoms. The molecular formula is C27H21N5O5. The number of primary amides is 1. The van der Waals surface area contributed by atoms with Crippen molar-refractivity contribution < 1.29 is 24.9 Å². The number of pyridine rings is 1. The third kappa shape index (κ3) is 5.60. The summed E-state index contributed by atoms with van der Waals surface area (Å²) in [6.45, 7) is 0. The molecule has 0 unspecified atom stereocenters. The Morgan fingerprint density at radius 3 is 1.81 bits per heavy atom. The van der Waals surface area contributed by atoms with Gasteiger partial charge in [0.15, 0.2) is 11.6 Å². The Morgan fingerprint density at radius 2 is 1.30 bits per heavy atom. The van der Waals surface area contributed by atoms with E-state index in [1.54, 1.807) is 66.7 Å². The molecule has 0 saturated carbocycles. The number of nitrogens with zero attached hydrogens (tertiary/aromatic N) is 4. The third-order valence-electron chi connectivity index (χ3n) is 5.22. The molecule has 3 aromatic carbocycles. The van der Waals surface area contributed by atoms with Crippen LogP contribution in [0.5, 0.6) is 11.5 Å². The molecule has 2 aromatic heterocycles. The summed E-state index contributed by atoms with van der Waals surface area (Å²) in [4.78, 5) is 29.7. The highest BCUT2D eigenvalue weighted by Gasteiger charge is 2.19. The van der Waals surface area contributed by atoms with Crippen molar-refractivity contribution in [1.29, 1.82) is 0 Å². The van der Waals surface area contributed by atoms with Crippen molar-refractivity contribution in [3.63, 3.8) is 0 Å². The summed E-state index contributed by atoms with van der Waals surface area (Å²) in [6.07, 6.45) is 3.06. The van der Waals surface area contributed by atoms with Crippen LogP contribution in [0.15, 0.2) is 97.3 Å². The lowest BCUT2D eigenvalue weighted by molar-refractivity contribution is 0.0696. The topological polar surface area (TPSA) is 164 Å². The molecule has 0 saturated heterocycles. The number of phenols is 2. The summed E-state index contributed by atoms with van der Waals surface area (Å²) < 4.78 is 1.50. The van der Waals surface area contributed by atoms with Crippen molar-refractivity contribution in [2.24, 2.45) is 5.73 Å². The maximum Gasteiger partial charge on any atom is 0.335 e. The van der Waals surface area contributed by atoms with Gasteiger partial charge < -0.3 is 21.1 Å². The molecule has 0 aliphatic rings. The number of aromatic nitrogens is 4. The number of hydrogen-bond acceptors (Lipinski definition) is 7. The van der Waals surface area contributed by atoms with E-state index < -0.39 is 11.9 Å². The van der Waals surface area contributed by atoms with Crippen LogP contribution >= 0.6 is 0 Å². The van der Waals surface area contributed by atoms with Crippen LogP contribution in [0.25, 0.3) is 28.5 Å². The smallest absolute Gasteiger partial charge is 0.335 e. The molecule has 0 spiro atoms. The highest BCUT2D eigenvalue weighted by molar-refractivity contribution is 5.92. The number of amides is 1. The number of nitrogens with two attached hydrogens (primary N) is 1. The Labute approximate surface area is 210 Å². The van der Waals surface area contributed by atoms with Gasteiger partial charge in [0.2, 0.25) is 5.91 Å². The van der Waals surface area contributed by atoms with Crippen LogP contribution in [0.4, 0.5) is 0 Å². The Kier molecular flexibility index (Phi) is 7.20. The molecule has 2 heterocycles. The molecule has 10 nitrogen and oxygen atoms in total. The molecule has 37 heavy (non-hydrogen) atoms. The molecule has 0 aliphatic carbocycles. The second-order valence-electron chi connectivity index (χ2n) is 7.66. The fraction of sp³-hybridized carbons (Fsp3) is 0. The van der Waals surface area contributed by atoms with Gasteiger partial charge in [-0.2, -0.15) is 0 Å². The summed E-state index contributed by atoms with van der Waals surface area (Å²) in [7, 11) is 0. The van der Waals surface area contributed by atoms with E-state index >= 15 is 0 Å². The van der Waals surface area contributed by atoms with E-state index in [0.29, 0.717) is 28.2 Å². The molecular weight excluding hydrogens is 474 g/mol. The van der Waals surface area contributed by atoms with Crippen molar-refractivity contribution in [2.45, 2.75) is 0 Å². The highest BCUT2D eigenvalue weighted by atomic mass is 16.4. The summed E-state index contributed by atoms with van der Waals surface area (Å²) >= 11 is 0. The van der Waals surface area contributed by atoms with Gasteiger partial charge in [-0.05, 0) is 60.7 Å². The largest absolute Gasteiger partial charge is 0.507 e. The van der Waals surface area contributed by atoms with E-state index in [4.69, 9.17) is 10.8 Å². The van der Waals surface area contributed by atoms with E-state index in [1.165, 1.54) is 35.3 Å². The lowest BCUT2D eigenvalue weighted by atomic mass is 10.1. The fourth-order valence-corrected chi connectivity index (χ4v) is 3.37. The number of carboxylic acid groups (broad SMARTS) is 1. The third-order valence-corrected chi connectivity index (χ3v) is 5.22. The summed E-state index contributed by atoms with van der Waals surface area (Å²) in [5.41, 5.74) is 7.05. The van der Waals surface area contributed by atoms with Crippen LogP contribution in [0, 0.1) is 0 Å². The van der Waals surface area contributed by atoms with Crippen LogP contribution in [0.3, 0.4) is 0 Å². The van der Waals surface area contributed by atoms with Gasteiger partial charge in [-0.15, -0.1) is 5.10 Å². The molecule has 1 amide bonds. The number of carbonyl (C=O) groups excluding carboxylic acids is 1. The van der Waals surface area contributed by atoms with Crippen molar-refractivity contribution >= 4 is 11.9 Å². The van der Waals surface area contributed by atoms with E-state index in [2.05, 4.69) is 15.1 Å². The first-order chi connectivity index (χ1) is 17.8. The predicted octanol–water partition coefficient (Wildman–Crippen LogP) is 3.89. The van der Waals surface area contributed by atoms with Crippen molar-refractivity contribution in [3.05, 3.63) is 108 Å². The van der Waals surface area contributed by atoms with Crippen LogP contribution in [0.2, 0.25) is 0 Å². The van der Waals surface area contributed by atoms with E-state index in [-0.39, 0.29) is 22.9 Å². The minimum atomic E-state index is -1.03. The number of aromatic hydroxyl groups is 2. The zero-order chi connectivity index (χ0) is 26.4. The number of hydrogen-bond donors (Lipinski definition) is 4. The fourth-order valence-electron chi connectivity index (χ4n) is 3.37. The second kappa shape index (κ2) is 10.8. The first-order valence-electron chi connectivity index (χ1n) is 10.9. The molecule has 5 aromatic rings. The lowest BCUT2D eigenvalue weighted by Crippen LogP contribution is -2.10. The number of rotatable bonds is 5. The number of phenolic OH excluding ortho intramolecular Hbond substituents is 2. The van der Waals surface area contributed by atoms with Gasteiger partial charge >= 0.3 is 5.97 Å². The molecule has 0 aliphatic heterocycles. The molecule has 0 radical (unpaired) electrons. The molecule has 5 rings (SSSR count). The number of benzene rings is 3. The maximum atomic E-state index is 11.1. The average molecular weight is 495 g/mol. The highest BCUT2D eigenvalue weighted by Crippen LogP contribution is 2.33. The van der Waals surface area contributed by atoms with Crippen LogP contribution in [0.1, 0.15) is 20.7 Å². The van der Waals surface area contributed by atoms with Crippen molar-refractivity contribution in [2.75, 3.05) is 0 Å². The van der Waals surface area contributed by atoms with E-state index in [1.807, 2.05) is 0 Å². The summed E-state index contributed by atoms with van der Waals surface area (Å²) in [5, 5.41) is 34.0. The van der Waals surface area contributed by atoms with E-state index in [0.717, 1.165) is 0 Å². The molecule has 184 valence electrons. The van der Waals surface area contributed by atoms with Gasteiger partial charge in [-0.25, -0.2) is 14.5 Å². The minimum Gasteiger partial charge on any atom is -0.507 e. The van der Waals surface area contributed by atoms with E-state index in [9.17, 15) is 19.8 Å². The number of aromatic carboxylic acids is 1. The Hall–Kier alpha value is -5.51. The zero-order valence-electron chi connectivity index (χ0n) is 19.3. The van der Waals surface area contributed by atoms with Crippen LogP contribution in [-0.2, 0) is 0 Å². The summed E-state index contributed by atoms with van der Waals surface area (Å²) in [6, 6.07) is 22.7. The molecule has 0 fully saturated rings. The zero-order valence-corrected chi connectivity index (χ0v) is 19.3. The van der Waals surface area contributed by atoms with Gasteiger partial charge in [0.05, 0.1) is 22.4 Å².